The van der Waals surface area contributed by atoms with Crippen molar-refractivity contribution in [1.29, 1.82) is 0 Å². The molecule has 21 heavy (non-hydrogen) atoms. The van der Waals surface area contributed by atoms with Gasteiger partial charge in [0.1, 0.15) is 5.82 Å². The second-order valence-electron chi connectivity index (χ2n) is 5.24. The molecule has 0 amide bonds. The predicted octanol–water partition coefficient (Wildman–Crippen LogP) is 4.59. The predicted molar refractivity (Wildman–Crippen MR) is 88.6 cm³/mol. The molecule has 1 heterocycles. The molecule has 3 aromatic rings. The van der Waals surface area contributed by atoms with Crippen LogP contribution in [0, 0.1) is 5.82 Å². The average Bonchev–Trinajstić information content (AvgIpc) is 2.91. The maximum Gasteiger partial charge on any atom is 0.126 e. The number of fused-ring (bicyclic) bond motifs is 1. The zero-order valence-corrected chi connectivity index (χ0v) is 12.8. The van der Waals surface area contributed by atoms with Crippen molar-refractivity contribution in [2.75, 3.05) is 13.6 Å². The molecule has 1 N–H and O–H groups in total. The Bertz CT molecular complexity index is 735. The van der Waals surface area contributed by atoms with Gasteiger partial charge < -0.3 is 5.32 Å². The second kappa shape index (κ2) is 6.37. The third-order valence-electron chi connectivity index (χ3n) is 3.82. The Morgan fingerprint density at radius 2 is 1.86 bits per heavy atom. The van der Waals surface area contributed by atoms with E-state index < -0.39 is 0 Å². The average molecular weight is 299 g/mol. The number of thiophene rings is 1. The zero-order valence-electron chi connectivity index (χ0n) is 12.0. The smallest absolute Gasteiger partial charge is 0.126 e. The fraction of sp³-hybridized carbons (Fsp3) is 0.222. The first kappa shape index (κ1) is 14.2. The van der Waals surface area contributed by atoms with Gasteiger partial charge in [0.05, 0.1) is 0 Å². The molecule has 0 radical (unpaired) electrons. The van der Waals surface area contributed by atoms with Gasteiger partial charge in [0, 0.05) is 17.2 Å². The third kappa shape index (κ3) is 2.99. The van der Waals surface area contributed by atoms with Gasteiger partial charge in [-0.25, -0.2) is 4.39 Å². The van der Waals surface area contributed by atoms with Crippen molar-refractivity contribution >= 4 is 21.4 Å². The van der Waals surface area contributed by atoms with E-state index in [-0.39, 0.29) is 11.7 Å². The summed E-state index contributed by atoms with van der Waals surface area (Å²) < 4.78 is 15.4. The van der Waals surface area contributed by atoms with Gasteiger partial charge in [0.2, 0.25) is 0 Å². The van der Waals surface area contributed by atoms with Gasteiger partial charge in [-0.15, -0.1) is 11.3 Å². The normalized spacial score (nSPS) is 12.7. The summed E-state index contributed by atoms with van der Waals surface area (Å²) in [6.45, 7) is 0.769. The van der Waals surface area contributed by atoms with E-state index in [4.69, 9.17) is 0 Å². The molecule has 1 nitrogen and oxygen atoms in total. The van der Waals surface area contributed by atoms with Gasteiger partial charge in [0.15, 0.2) is 0 Å². The van der Waals surface area contributed by atoms with Gasteiger partial charge in [-0.3, -0.25) is 0 Å². The highest BCUT2D eigenvalue weighted by Gasteiger charge is 2.17. The summed E-state index contributed by atoms with van der Waals surface area (Å²) in [5.74, 6) is 0.0338. The summed E-state index contributed by atoms with van der Waals surface area (Å²) in [5, 5.41) is 6.68. The van der Waals surface area contributed by atoms with E-state index in [1.807, 2.05) is 19.2 Å². The highest BCUT2D eigenvalue weighted by molar-refractivity contribution is 7.17. The molecule has 108 valence electrons. The Labute approximate surface area is 128 Å². The first-order valence-corrected chi connectivity index (χ1v) is 8.01. The minimum Gasteiger partial charge on any atom is -0.319 e. The van der Waals surface area contributed by atoms with Gasteiger partial charge in [-0.2, -0.15) is 0 Å². The lowest BCUT2D eigenvalue weighted by Gasteiger charge is -2.17. The summed E-state index contributed by atoms with van der Waals surface area (Å²) in [4.78, 5) is 0. The zero-order chi connectivity index (χ0) is 14.7. The number of rotatable bonds is 5. The van der Waals surface area contributed by atoms with Crippen molar-refractivity contribution in [2.24, 2.45) is 0 Å². The Balaban J connectivity index is 1.94. The number of halogens is 1. The Kier molecular flexibility index (Phi) is 4.32. The van der Waals surface area contributed by atoms with Crippen LogP contribution in [0.4, 0.5) is 4.39 Å². The SMILES string of the molecule is CNCC(Cc1csc2ccccc12)c1ccccc1F. The minimum atomic E-state index is -0.114. The standard InChI is InChI=1S/C18H18FNS/c1-20-11-13(15-6-2-4-8-17(15)19)10-14-12-21-18-9-5-3-7-16(14)18/h2-9,12-13,20H,10-11H2,1H3. The van der Waals surface area contributed by atoms with Crippen LogP contribution in [0.5, 0.6) is 0 Å². The van der Waals surface area contributed by atoms with Crippen molar-refractivity contribution in [3.63, 3.8) is 0 Å². The summed E-state index contributed by atoms with van der Waals surface area (Å²) in [5.41, 5.74) is 2.10. The molecule has 2 aromatic carbocycles. The summed E-state index contributed by atoms with van der Waals surface area (Å²) >= 11 is 1.76. The summed E-state index contributed by atoms with van der Waals surface area (Å²) in [7, 11) is 1.92. The van der Waals surface area contributed by atoms with Crippen LogP contribution < -0.4 is 5.32 Å². The Morgan fingerprint density at radius 3 is 2.67 bits per heavy atom. The lowest BCUT2D eigenvalue weighted by atomic mass is 9.91. The van der Waals surface area contributed by atoms with Gasteiger partial charge in [-0.05, 0) is 47.5 Å². The number of hydrogen-bond acceptors (Lipinski definition) is 2. The van der Waals surface area contributed by atoms with Gasteiger partial charge in [-0.1, -0.05) is 36.4 Å². The van der Waals surface area contributed by atoms with E-state index in [9.17, 15) is 4.39 Å². The summed E-state index contributed by atoms with van der Waals surface area (Å²) in [6, 6.07) is 15.5. The molecule has 1 aromatic heterocycles. The molecular formula is C18H18FNS. The van der Waals surface area contributed by atoms with Crippen molar-refractivity contribution < 1.29 is 4.39 Å². The lowest BCUT2D eigenvalue weighted by molar-refractivity contribution is 0.557. The highest BCUT2D eigenvalue weighted by atomic mass is 32.1. The molecule has 1 unspecified atom stereocenters. The maximum absolute atomic E-state index is 14.1. The number of benzene rings is 2. The molecule has 0 aliphatic carbocycles. The van der Waals surface area contributed by atoms with Crippen molar-refractivity contribution in [2.45, 2.75) is 12.3 Å². The van der Waals surface area contributed by atoms with Crippen molar-refractivity contribution in [3.8, 4) is 0 Å². The van der Waals surface area contributed by atoms with Crippen LogP contribution in [0.25, 0.3) is 10.1 Å². The first-order chi connectivity index (χ1) is 10.3. The van der Waals surface area contributed by atoms with Crippen LogP contribution in [0.3, 0.4) is 0 Å². The number of nitrogens with one attached hydrogen (secondary N) is 1. The molecule has 3 heteroatoms. The van der Waals surface area contributed by atoms with E-state index in [2.05, 4.69) is 35.0 Å². The maximum atomic E-state index is 14.1. The van der Waals surface area contributed by atoms with Crippen LogP contribution in [0.2, 0.25) is 0 Å². The van der Waals surface area contributed by atoms with Crippen LogP contribution in [0.15, 0.2) is 53.9 Å². The van der Waals surface area contributed by atoms with E-state index >= 15 is 0 Å². The number of hydrogen-bond donors (Lipinski definition) is 1. The van der Waals surface area contributed by atoms with E-state index in [1.54, 1.807) is 23.5 Å². The first-order valence-electron chi connectivity index (χ1n) is 7.13. The van der Waals surface area contributed by atoms with Crippen LogP contribution in [-0.4, -0.2) is 13.6 Å². The molecule has 0 aliphatic rings. The van der Waals surface area contributed by atoms with Crippen molar-refractivity contribution in [1.82, 2.24) is 5.32 Å². The monoisotopic (exact) mass is 299 g/mol. The second-order valence-corrected chi connectivity index (χ2v) is 6.15. The fourth-order valence-electron chi connectivity index (χ4n) is 2.80. The molecular weight excluding hydrogens is 281 g/mol. The van der Waals surface area contributed by atoms with Crippen LogP contribution in [-0.2, 0) is 6.42 Å². The number of likely N-dealkylation sites (N-methyl/N-ethyl adjacent to an activating group) is 1. The lowest BCUT2D eigenvalue weighted by Crippen LogP contribution is -2.20. The van der Waals surface area contributed by atoms with Gasteiger partial charge in [0.25, 0.3) is 0 Å². The summed E-state index contributed by atoms with van der Waals surface area (Å²) in [6.07, 6.45) is 0.853. The molecule has 0 spiro atoms. The van der Waals surface area contributed by atoms with E-state index in [1.165, 1.54) is 15.6 Å². The van der Waals surface area contributed by atoms with E-state index in [0.717, 1.165) is 18.5 Å². The fourth-order valence-corrected chi connectivity index (χ4v) is 3.78. The molecule has 3 rings (SSSR count). The van der Waals surface area contributed by atoms with Crippen LogP contribution >= 0.6 is 11.3 Å². The molecule has 0 aliphatic heterocycles. The third-order valence-corrected chi connectivity index (χ3v) is 4.84. The van der Waals surface area contributed by atoms with E-state index in [0.29, 0.717) is 0 Å². The molecule has 0 bridgehead atoms. The molecule has 0 saturated heterocycles. The minimum absolute atomic E-state index is 0.114. The Hall–Kier alpha value is -1.71. The van der Waals surface area contributed by atoms with Gasteiger partial charge >= 0.3 is 0 Å². The highest BCUT2D eigenvalue weighted by Crippen LogP contribution is 2.31. The quantitative estimate of drug-likeness (QED) is 0.727. The van der Waals surface area contributed by atoms with Crippen LogP contribution in [0.1, 0.15) is 17.0 Å². The largest absolute Gasteiger partial charge is 0.319 e. The molecule has 0 saturated carbocycles. The molecule has 0 fully saturated rings. The Morgan fingerprint density at radius 1 is 1.10 bits per heavy atom. The topological polar surface area (TPSA) is 12.0 Å². The van der Waals surface area contributed by atoms with Crippen molar-refractivity contribution in [3.05, 3.63) is 70.9 Å². The molecule has 1 atom stereocenters.